The van der Waals surface area contributed by atoms with Crippen LogP contribution in [-0.2, 0) is 12.5 Å². The predicted octanol–water partition coefficient (Wildman–Crippen LogP) is 3.63. The van der Waals surface area contributed by atoms with Crippen molar-refractivity contribution >= 4 is 0 Å². The smallest absolute Gasteiger partial charge is 0.270 e. The van der Waals surface area contributed by atoms with Gasteiger partial charge in [0.05, 0.1) is 13.2 Å². The number of rotatable bonds is 7. The number of nitrogens with one attached hydrogen (secondary N) is 1. The summed E-state index contributed by atoms with van der Waals surface area (Å²) in [6.07, 6.45) is -0.760. The van der Waals surface area contributed by atoms with E-state index in [2.05, 4.69) is 5.32 Å². The summed E-state index contributed by atoms with van der Waals surface area (Å²) in [6.45, 7) is 1.72. The average Bonchev–Trinajstić information content (AvgIpc) is 2.54. The highest BCUT2D eigenvalue weighted by Crippen LogP contribution is 2.27. The Morgan fingerprint density at radius 3 is 2.39 bits per heavy atom. The van der Waals surface area contributed by atoms with E-state index in [0.29, 0.717) is 18.7 Å². The van der Waals surface area contributed by atoms with Crippen LogP contribution < -0.4 is 10.1 Å². The summed E-state index contributed by atoms with van der Waals surface area (Å²) in [5.41, 5.74) is 1.53. The Morgan fingerprint density at radius 2 is 1.78 bits per heavy atom. The molecule has 2 rings (SSSR count). The van der Waals surface area contributed by atoms with Gasteiger partial charge in [-0.1, -0.05) is 42.5 Å². The minimum atomic E-state index is -2.87. The molecule has 0 unspecified atom stereocenters. The zero-order valence-corrected chi connectivity index (χ0v) is 13.2. The van der Waals surface area contributed by atoms with Crippen LogP contribution in [0.2, 0.25) is 0 Å². The van der Waals surface area contributed by atoms with Gasteiger partial charge in [0.1, 0.15) is 5.75 Å². The molecule has 23 heavy (non-hydrogen) atoms. The molecule has 1 atom stereocenters. The highest BCUT2D eigenvalue weighted by atomic mass is 19.3. The summed E-state index contributed by atoms with van der Waals surface area (Å²) in [4.78, 5) is 0. The molecular weight excluding hydrogens is 300 g/mol. The zero-order chi connectivity index (χ0) is 16.9. The summed E-state index contributed by atoms with van der Waals surface area (Å²) in [7, 11) is 1.61. The molecule has 0 aliphatic carbocycles. The lowest BCUT2D eigenvalue weighted by Crippen LogP contribution is -2.21. The zero-order valence-electron chi connectivity index (χ0n) is 13.2. The van der Waals surface area contributed by atoms with Gasteiger partial charge in [-0.15, -0.1) is 0 Å². The van der Waals surface area contributed by atoms with Crippen molar-refractivity contribution in [1.29, 1.82) is 0 Å². The van der Waals surface area contributed by atoms with Crippen molar-refractivity contribution in [3.8, 4) is 5.75 Å². The molecular formula is C18H21F2NO2. The van der Waals surface area contributed by atoms with Gasteiger partial charge < -0.3 is 15.2 Å². The van der Waals surface area contributed by atoms with E-state index < -0.39 is 12.0 Å². The van der Waals surface area contributed by atoms with Crippen LogP contribution in [0.4, 0.5) is 8.78 Å². The first kappa shape index (κ1) is 17.4. The number of benzene rings is 2. The first-order valence-electron chi connectivity index (χ1n) is 7.40. The first-order valence-corrected chi connectivity index (χ1v) is 7.40. The van der Waals surface area contributed by atoms with Crippen LogP contribution in [0.3, 0.4) is 0 Å². The molecule has 0 aromatic heterocycles. The lowest BCUT2D eigenvalue weighted by molar-refractivity contribution is 0.0174. The second-order valence-corrected chi connectivity index (χ2v) is 5.47. The molecule has 2 aromatic carbocycles. The summed E-state index contributed by atoms with van der Waals surface area (Å²) < 4.78 is 31.6. The number of para-hydroxylation sites is 1. The number of ether oxygens (including phenoxy) is 1. The fourth-order valence-electron chi connectivity index (χ4n) is 2.31. The minimum absolute atomic E-state index is 0.0598. The van der Waals surface area contributed by atoms with Gasteiger partial charge in [0.25, 0.3) is 5.92 Å². The molecule has 2 N–H and O–H groups in total. The number of aliphatic hydroxyl groups is 1. The van der Waals surface area contributed by atoms with Crippen molar-refractivity contribution in [2.45, 2.75) is 25.5 Å². The lowest BCUT2D eigenvalue weighted by Gasteiger charge is -2.15. The van der Waals surface area contributed by atoms with Crippen molar-refractivity contribution in [2.75, 3.05) is 13.7 Å². The van der Waals surface area contributed by atoms with E-state index in [9.17, 15) is 13.9 Å². The Balaban J connectivity index is 1.91. The average molecular weight is 321 g/mol. The summed E-state index contributed by atoms with van der Waals surface area (Å²) in [5, 5.41) is 13.3. The van der Waals surface area contributed by atoms with Crippen molar-refractivity contribution in [1.82, 2.24) is 5.32 Å². The number of alkyl halides is 2. The highest BCUT2D eigenvalue weighted by molar-refractivity contribution is 5.33. The van der Waals surface area contributed by atoms with Gasteiger partial charge in [0, 0.05) is 31.1 Å². The number of hydrogen-bond acceptors (Lipinski definition) is 3. The van der Waals surface area contributed by atoms with Gasteiger partial charge in [-0.3, -0.25) is 0 Å². The number of methoxy groups -OCH3 is 1. The Bertz CT molecular complexity index is 624. The van der Waals surface area contributed by atoms with Crippen LogP contribution in [0.5, 0.6) is 5.75 Å². The third-order valence-corrected chi connectivity index (χ3v) is 3.65. The van der Waals surface area contributed by atoms with Crippen LogP contribution in [0, 0.1) is 0 Å². The predicted molar refractivity (Wildman–Crippen MR) is 85.7 cm³/mol. The highest BCUT2D eigenvalue weighted by Gasteiger charge is 2.24. The molecule has 124 valence electrons. The van der Waals surface area contributed by atoms with Crippen LogP contribution in [-0.4, -0.2) is 18.8 Å². The summed E-state index contributed by atoms with van der Waals surface area (Å²) in [6, 6.07) is 13.4. The number of hydrogen-bond donors (Lipinski definition) is 2. The van der Waals surface area contributed by atoms with Crippen molar-refractivity contribution in [3.05, 3.63) is 65.2 Å². The van der Waals surface area contributed by atoms with Gasteiger partial charge in [0.15, 0.2) is 0 Å². The maximum absolute atomic E-state index is 13.2. The normalized spacial score (nSPS) is 12.9. The second kappa shape index (κ2) is 7.53. The number of halogens is 2. The maximum atomic E-state index is 13.2. The Hall–Kier alpha value is -1.98. The molecule has 0 aliphatic heterocycles. The third-order valence-electron chi connectivity index (χ3n) is 3.65. The van der Waals surface area contributed by atoms with Crippen molar-refractivity contribution in [2.24, 2.45) is 0 Å². The van der Waals surface area contributed by atoms with Crippen LogP contribution >= 0.6 is 0 Å². The molecule has 5 heteroatoms. The van der Waals surface area contributed by atoms with Crippen LogP contribution in [0.1, 0.15) is 29.7 Å². The van der Waals surface area contributed by atoms with E-state index in [1.165, 1.54) is 24.3 Å². The van der Waals surface area contributed by atoms with Gasteiger partial charge in [-0.2, -0.15) is 0 Å². The molecule has 0 saturated carbocycles. The molecule has 0 amide bonds. The van der Waals surface area contributed by atoms with Crippen LogP contribution in [0.15, 0.2) is 48.5 Å². The van der Waals surface area contributed by atoms with Crippen LogP contribution in [0.25, 0.3) is 0 Å². The van der Waals surface area contributed by atoms with Crippen molar-refractivity contribution in [3.63, 3.8) is 0 Å². The molecule has 0 heterocycles. The maximum Gasteiger partial charge on any atom is 0.270 e. The van der Waals surface area contributed by atoms with Gasteiger partial charge in [0.2, 0.25) is 0 Å². The van der Waals surface area contributed by atoms with Gasteiger partial charge in [-0.05, 0) is 11.6 Å². The fourth-order valence-corrected chi connectivity index (χ4v) is 2.31. The fraction of sp³-hybridized carbons (Fsp3) is 0.333. The summed E-state index contributed by atoms with van der Waals surface area (Å²) in [5.74, 6) is -2.09. The lowest BCUT2D eigenvalue weighted by atomic mass is 10.0. The van der Waals surface area contributed by atoms with E-state index in [4.69, 9.17) is 4.74 Å². The van der Waals surface area contributed by atoms with E-state index >= 15 is 0 Å². The Kier molecular flexibility index (Phi) is 5.69. The molecule has 0 spiro atoms. The van der Waals surface area contributed by atoms with E-state index in [1.54, 1.807) is 7.11 Å². The molecule has 0 fully saturated rings. The van der Waals surface area contributed by atoms with Gasteiger partial charge in [-0.25, -0.2) is 8.78 Å². The second-order valence-electron chi connectivity index (χ2n) is 5.47. The molecule has 2 aromatic rings. The standard InChI is InChI=1S/C18H21F2NO2/c1-18(19,20)15-9-7-13(8-10-15)16(22)12-21-11-14-5-3-4-6-17(14)23-2/h3-10,16,21-22H,11-12H2,1-2H3/t16-/m0/s1. The molecule has 3 nitrogen and oxygen atoms in total. The van der Waals surface area contributed by atoms with E-state index in [-0.39, 0.29) is 5.56 Å². The SMILES string of the molecule is COc1ccccc1CNC[C@H](O)c1ccc(C(C)(F)F)cc1. The van der Waals surface area contributed by atoms with E-state index in [0.717, 1.165) is 18.2 Å². The number of aliphatic hydroxyl groups excluding tert-OH is 1. The van der Waals surface area contributed by atoms with Gasteiger partial charge >= 0.3 is 0 Å². The largest absolute Gasteiger partial charge is 0.496 e. The minimum Gasteiger partial charge on any atom is -0.496 e. The Labute approximate surface area is 134 Å². The van der Waals surface area contributed by atoms with Crippen molar-refractivity contribution < 1.29 is 18.6 Å². The topological polar surface area (TPSA) is 41.5 Å². The van der Waals surface area contributed by atoms with E-state index in [1.807, 2.05) is 24.3 Å². The third kappa shape index (κ3) is 4.74. The molecule has 0 saturated heterocycles. The molecule has 0 radical (unpaired) electrons. The quantitative estimate of drug-likeness (QED) is 0.818. The summed E-state index contributed by atoms with van der Waals surface area (Å²) >= 11 is 0. The molecule has 0 bridgehead atoms. The Morgan fingerprint density at radius 1 is 1.13 bits per heavy atom. The molecule has 0 aliphatic rings. The monoisotopic (exact) mass is 321 g/mol. The first-order chi connectivity index (χ1) is 10.9.